The summed E-state index contributed by atoms with van der Waals surface area (Å²) in [6, 6.07) is 11.8. The van der Waals surface area contributed by atoms with Crippen LogP contribution in [0.4, 0.5) is 0 Å². The second-order valence-corrected chi connectivity index (χ2v) is 8.62. The lowest BCUT2D eigenvalue weighted by Crippen LogP contribution is -2.12. The summed E-state index contributed by atoms with van der Waals surface area (Å²) in [4.78, 5) is 0. The van der Waals surface area contributed by atoms with E-state index in [4.69, 9.17) is 27.9 Å². The third kappa shape index (κ3) is 5.56. The Balaban J connectivity index is 1.78. The summed E-state index contributed by atoms with van der Waals surface area (Å²) >= 11 is 13.7. The lowest BCUT2D eigenvalue weighted by Gasteiger charge is -2.16. The van der Waals surface area contributed by atoms with E-state index in [9.17, 15) is 0 Å². The van der Waals surface area contributed by atoms with Crippen molar-refractivity contribution in [2.45, 2.75) is 44.3 Å². The molecule has 0 spiro atoms. The molecule has 1 aromatic heterocycles. The zero-order valence-electron chi connectivity index (χ0n) is 16.7. The number of halogens is 2. The van der Waals surface area contributed by atoms with E-state index in [0.29, 0.717) is 22.3 Å². The molecule has 1 unspecified atom stereocenters. The molecule has 0 aliphatic heterocycles. The quantitative estimate of drug-likeness (QED) is 0.280. The number of rotatable bonds is 8. The van der Waals surface area contributed by atoms with Crippen LogP contribution in [-0.2, 0) is 12.3 Å². The standard InChI is InChI=1S/C22H23Cl2N3OS/c1-5-8-27-21(16(4)28-18-10-14(2)9-15(3)11-18)25-26-22(27)29-13-17-6-7-19(23)20(24)12-17/h5-7,9-12,16H,1,8,13H2,2-4H3. The van der Waals surface area contributed by atoms with E-state index in [1.54, 1.807) is 17.8 Å². The number of aromatic nitrogens is 3. The topological polar surface area (TPSA) is 39.9 Å². The first-order chi connectivity index (χ1) is 13.9. The van der Waals surface area contributed by atoms with Crippen LogP contribution in [0.2, 0.25) is 10.0 Å². The Bertz CT molecular complexity index is 999. The molecule has 4 nitrogen and oxygen atoms in total. The highest BCUT2D eigenvalue weighted by Gasteiger charge is 2.19. The molecule has 2 aromatic carbocycles. The fourth-order valence-electron chi connectivity index (χ4n) is 3.04. The summed E-state index contributed by atoms with van der Waals surface area (Å²) in [6.45, 7) is 10.6. The third-order valence-corrected chi connectivity index (χ3v) is 6.06. The fourth-order valence-corrected chi connectivity index (χ4v) is 4.26. The molecule has 0 amide bonds. The Morgan fingerprint density at radius 1 is 1.10 bits per heavy atom. The maximum atomic E-state index is 6.16. The van der Waals surface area contributed by atoms with Crippen molar-refractivity contribution < 1.29 is 4.74 Å². The lowest BCUT2D eigenvalue weighted by atomic mass is 10.1. The molecule has 1 atom stereocenters. The molecule has 0 fully saturated rings. The Kier molecular flexibility index (Phi) is 7.28. The zero-order chi connectivity index (χ0) is 21.0. The molecule has 0 aliphatic carbocycles. The Morgan fingerprint density at radius 2 is 1.83 bits per heavy atom. The Hall–Kier alpha value is -1.95. The first-order valence-electron chi connectivity index (χ1n) is 9.23. The van der Waals surface area contributed by atoms with E-state index in [-0.39, 0.29) is 6.10 Å². The molecular formula is C22H23Cl2N3OS. The van der Waals surface area contributed by atoms with Crippen LogP contribution in [0.1, 0.15) is 35.5 Å². The van der Waals surface area contributed by atoms with Gasteiger partial charge in [-0.3, -0.25) is 4.57 Å². The molecule has 0 aliphatic rings. The predicted octanol–water partition coefficient (Wildman–Crippen LogP) is 6.82. The van der Waals surface area contributed by atoms with Crippen LogP contribution in [0.5, 0.6) is 5.75 Å². The van der Waals surface area contributed by atoms with Crippen molar-refractivity contribution in [3.8, 4) is 5.75 Å². The smallest absolute Gasteiger partial charge is 0.191 e. The molecule has 1 heterocycles. The van der Waals surface area contributed by atoms with E-state index >= 15 is 0 Å². The van der Waals surface area contributed by atoms with Gasteiger partial charge in [0.05, 0.1) is 10.0 Å². The fraction of sp³-hybridized carbons (Fsp3) is 0.273. The number of hydrogen-bond donors (Lipinski definition) is 0. The van der Waals surface area contributed by atoms with Gasteiger partial charge in [0.25, 0.3) is 0 Å². The summed E-state index contributed by atoms with van der Waals surface area (Å²) in [5.41, 5.74) is 3.40. The van der Waals surface area contributed by atoms with Crippen LogP contribution in [0, 0.1) is 13.8 Å². The normalized spacial score (nSPS) is 12.0. The largest absolute Gasteiger partial charge is 0.483 e. The summed E-state index contributed by atoms with van der Waals surface area (Å²) in [6.07, 6.45) is 1.59. The van der Waals surface area contributed by atoms with Crippen LogP contribution in [0.15, 0.2) is 54.2 Å². The van der Waals surface area contributed by atoms with Crippen molar-refractivity contribution in [2.75, 3.05) is 0 Å². The highest BCUT2D eigenvalue weighted by Crippen LogP contribution is 2.29. The van der Waals surface area contributed by atoms with Gasteiger partial charge in [-0.25, -0.2) is 0 Å². The van der Waals surface area contributed by atoms with Crippen LogP contribution < -0.4 is 4.74 Å². The van der Waals surface area contributed by atoms with Gasteiger partial charge in [0.15, 0.2) is 17.1 Å². The summed E-state index contributed by atoms with van der Waals surface area (Å²) in [7, 11) is 0. The second-order valence-electron chi connectivity index (χ2n) is 6.86. The van der Waals surface area contributed by atoms with E-state index in [1.807, 2.05) is 41.8 Å². The first-order valence-corrected chi connectivity index (χ1v) is 11.0. The molecule has 0 saturated heterocycles. The van der Waals surface area contributed by atoms with Gasteiger partial charge in [-0.15, -0.1) is 16.8 Å². The molecular weight excluding hydrogens is 425 g/mol. The number of nitrogens with zero attached hydrogens (tertiary/aromatic N) is 3. The predicted molar refractivity (Wildman–Crippen MR) is 121 cm³/mol. The van der Waals surface area contributed by atoms with Crippen LogP contribution in [-0.4, -0.2) is 14.8 Å². The van der Waals surface area contributed by atoms with Gasteiger partial charge in [0.2, 0.25) is 0 Å². The van der Waals surface area contributed by atoms with Gasteiger partial charge in [-0.1, -0.05) is 53.2 Å². The number of benzene rings is 2. The van der Waals surface area contributed by atoms with E-state index in [0.717, 1.165) is 33.4 Å². The van der Waals surface area contributed by atoms with Crippen molar-refractivity contribution in [3.63, 3.8) is 0 Å². The summed E-state index contributed by atoms with van der Waals surface area (Å²) < 4.78 is 8.19. The molecule has 152 valence electrons. The van der Waals surface area contributed by atoms with Crippen molar-refractivity contribution in [1.82, 2.24) is 14.8 Å². The third-order valence-electron chi connectivity index (χ3n) is 4.28. The van der Waals surface area contributed by atoms with Crippen LogP contribution in [0.25, 0.3) is 0 Å². The van der Waals surface area contributed by atoms with E-state index < -0.39 is 0 Å². The number of thioether (sulfide) groups is 1. The average Bonchev–Trinajstić information content (AvgIpc) is 3.05. The van der Waals surface area contributed by atoms with Crippen molar-refractivity contribution in [3.05, 3.63) is 81.6 Å². The summed E-state index contributed by atoms with van der Waals surface area (Å²) in [5.74, 6) is 2.30. The van der Waals surface area contributed by atoms with Gasteiger partial charge in [0, 0.05) is 12.3 Å². The Labute approximate surface area is 185 Å². The SMILES string of the molecule is C=CCn1c(SCc2ccc(Cl)c(Cl)c2)nnc1C(C)Oc1cc(C)cc(C)c1. The lowest BCUT2D eigenvalue weighted by molar-refractivity contribution is 0.210. The molecule has 7 heteroatoms. The number of allylic oxidation sites excluding steroid dienone is 1. The molecule has 29 heavy (non-hydrogen) atoms. The first kappa shape index (κ1) is 21.8. The molecule has 0 radical (unpaired) electrons. The second kappa shape index (κ2) is 9.70. The highest BCUT2D eigenvalue weighted by atomic mass is 35.5. The molecule has 0 bridgehead atoms. The van der Waals surface area contributed by atoms with Gasteiger partial charge in [-0.2, -0.15) is 0 Å². The van der Waals surface area contributed by atoms with Crippen molar-refractivity contribution >= 4 is 35.0 Å². The van der Waals surface area contributed by atoms with Crippen LogP contribution in [0.3, 0.4) is 0 Å². The molecule has 0 saturated carbocycles. The monoisotopic (exact) mass is 447 g/mol. The van der Waals surface area contributed by atoms with E-state index in [1.165, 1.54) is 0 Å². The minimum atomic E-state index is -0.247. The van der Waals surface area contributed by atoms with Crippen LogP contribution >= 0.6 is 35.0 Å². The Morgan fingerprint density at radius 3 is 2.48 bits per heavy atom. The summed E-state index contributed by atoms with van der Waals surface area (Å²) in [5, 5.41) is 10.7. The number of ether oxygens (including phenoxy) is 1. The minimum absolute atomic E-state index is 0.247. The van der Waals surface area contributed by atoms with E-state index in [2.05, 4.69) is 36.7 Å². The van der Waals surface area contributed by atoms with Gasteiger partial charge in [-0.05, 0) is 61.7 Å². The number of hydrogen-bond acceptors (Lipinski definition) is 4. The highest BCUT2D eigenvalue weighted by molar-refractivity contribution is 7.98. The number of aryl methyl sites for hydroxylation is 2. The average molecular weight is 448 g/mol. The minimum Gasteiger partial charge on any atom is -0.483 e. The maximum Gasteiger partial charge on any atom is 0.191 e. The van der Waals surface area contributed by atoms with Crippen molar-refractivity contribution in [1.29, 1.82) is 0 Å². The van der Waals surface area contributed by atoms with Gasteiger partial charge in [0.1, 0.15) is 5.75 Å². The molecule has 3 aromatic rings. The molecule has 0 N–H and O–H groups in total. The zero-order valence-corrected chi connectivity index (χ0v) is 19.0. The van der Waals surface area contributed by atoms with Gasteiger partial charge < -0.3 is 4.74 Å². The molecule has 3 rings (SSSR count). The van der Waals surface area contributed by atoms with Crippen molar-refractivity contribution in [2.24, 2.45) is 0 Å². The maximum absolute atomic E-state index is 6.16. The van der Waals surface area contributed by atoms with Gasteiger partial charge >= 0.3 is 0 Å².